The molecule has 1 N–H and O–H groups in total. The van der Waals surface area contributed by atoms with Gasteiger partial charge in [-0.3, -0.25) is 34.9 Å². The molecule has 104 valence electrons. The molecule has 18 heavy (non-hydrogen) atoms. The molecule has 0 aliphatic carbocycles. The molecule has 0 bridgehead atoms. The Kier molecular flexibility index (Phi) is 3.90. The van der Waals surface area contributed by atoms with E-state index in [4.69, 9.17) is 4.55 Å². The van der Waals surface area contributed by atoms with E-state index in [1.807, 2.05) is 0 Å². The third-order valence-corrected chi connectivity index (χ3v) is 3.33. The summed E-state index contributed by atoms with van der Waals surface area (Å²) in [4.78, 5) is 24.9. The summed E-state index contributed by atoms with van der Waals surface area (Å²) in [5.41, 5.74) is -4.36. The number of alkyl halides is 1. The SMILES string of the molecule is CCC([N+](=O)[O-])([N+](=O)[O-])C(F)([N+](=O)[O-])S(=O)(=O)O. The number of hydrogen-bond donors (Lipinski definition) is 1. The van der Waals surface area contributed by atoms with Gasteiger partial charge in [-0.25, -0.2) is 0 Å². The monoisotopic (exact) mass is 291 g/mol. The van der Waals surface area contributed by atoms with Gasteiger partial charge in [0.05, 0.1) is 4.92 Å². The highest BCUT2D eigenvalue weighted by Gasteiger charge is 2.89. The fourth-order valence-electron chi connectivity index (χ4n) is 1.22. The Morgan fingerprint density at radius 1 is 1.11 bits per heavy atom. The Hall–Kier alpha value is -1.96. The molecule has 0 amide bonds. The Labute approximate surface area is 97.6 Å². The second kappa shape index (κ2) is 4.37. The van der Waals surface area contributed by atoms with Crippen molar-refractivity contribution < 1.29 is 32.1 Å². The average Bonchev–Trinajstić information content (AvgIpc) is 2.15. The summed E-state index contributed by atoms with van der Waals surface area (Å²) in [5, 5.41) is 26.1. The van der Waals surface area contributed by atoms with Crippen LogP contribution in [0, 0.1) is 30.3 Å². The van der Waals surface area contributed by atoms with E-state index >= 15 is 0 Å². The Bertz CT molecular complexity index is 488. The van der Waals surface area contributed by atoms with E-state index in [0.29, 0.717) is 6.92 Å². The third kappa shape index (κ3) is 1.74. The second-order valence-electron chi connectivity index (χ2n) is 2.98. The van der Waals surface area contributed by atoms with Gasteiger partial charge in [0.2, 0.25) is 0 Å². The molecule has 12 nitrogen and oxygen atoms in total. The first-order valence-corrected chi connectivity index (χ1v) is 5.43. The van der Waals surface area contributed by atoms with Gasteiger partial charge in [0.25, 0.3) is 0 Å². The normalized spacial score (nSPS) is 15.7. The van der Waals surface area contributed by atoms with E-state index in [1.165, 1.54) is 0 Å². The zero-order valence-corrected chi connectivity index (χ0v) is 9.36. The van der Waals surface area contributed by atoms with Gasteiger partial charge in [-0.1, -0.05) is 6.92 Å². The molecule has 0 aliphatic heterocycles. The fraction of sp³-hybridized carbons (Fsp3) is 1.00. The van der Waals surface area contributed by atoms with Crippen molar-refractivity contribution in [1.82, 2.24) is 0 Å². The lowest BCUT2D eigenvalue weighted by atomic mass is 10.1. The minimum Gasteiger partial charge on any atom is -0.277 e. The van der Waals surface area contributed by atoms with Crippen molar-refractivity contribution in [3.8, 4) is 0 Å². The van der Waals surface area contributed by atoms with Crippen molar-refractivity contribution >= 4 is 10.1 Å². The van der Waals surface area contributed by atoms with Gasteiger partial charge in [0.1, 0.15) is 16.3 Å². The Morgan fingerprint density at radius 3 is 1.50 bits per heavy atom. The highest BCUT2D eigenvalue weighted by molar-refractivity contribution is 7.86. The largest absolute Gasteiger partial charge is 0.622 e. The van der Waals surface area contributed by atoms with Gasteiger partial charge in [0, 0.05) is 0 Å². The molecular weight excluding hydrogens is 285 g/mol. The zero-order chi connectivity index (χ0) is 14.9. The van der Waals surface area contributed by atoms with Crippen molar-refractivity contribution in [3.63, 3.8) is 0 Å². The van der Waals surface area contributed by atoms with Crippen molar-refractivity contribution in [1.29, 1.82) is 0 Å². The molecule has 0 fully saturated rings. The van der Waals surface area contributed by atoms with Gasteiger partial charge >= 0.3 is 20.9 Å². The lowest BCUT2D eigenvalue weighted by Crippen LogP contribution is -2.68. The third-order valence-electron chi connectivity index (χ3n) is 2.17. The van der Waals surface area contributed by atoms with Crippen molar-refractivity contribution in [2.45, 2.75) is 24.1 Å². The summed E-state index contributed by atoms with van der Waals surface area (Å²) in [6.45, 7) is 0.592. The van der Waals surface area contributed by atoms with Crippen LogP contribution >= 0.6 is 0 Å². The molecule has 1 unspecified atom stereocenters. The van der Waals surface area contributed by atoms with Gasteiger partial charge in [-0.15, -0.1) is 4.39 Å². The van der Waals surface area contributed by atoms with E-state index in [0.717, 1.165) is 0 Å². The number of nitro groups is 3. The van der Waals surface area contributed by atoms with Gasteiger partial charge in [-0.05, 0) is 0 Å². The van der Waals surface area contributed by atoms with Crippen molar-refractivity contribution in [2.75, 3.05) is 0 Å². The smallest absolute Gasteiger partial charge is 0.277 e. The topological polar surface area (TPSA) is 184 Å². The van der Waals surface area contributed by atoms with E-state index in [-0.39, 0.29) is 0 Å². The molecule has 0 saturated heterocycles. The van der Waals surface area contributed by atoms with Gasteiger partial charge < -0.3 is 0 Å². The van der Waals surface area contributed by atoms with Crippen molar-refractivity contribution in [3.05, 3.63) is 30.3 Å². The van der Waals surface area contributed by atoms with Crippen LogP contribution < -0.4 is 0 Å². The van der Waals surface area contributed by atoms with E-state index in [1.54, 1.807) is 0 Å². The Morgan fingerprint density at radius 2 is 1.44 bits per heavy atom. The minimum atomic E-state index is -6.37. The summed E-state index contributed by atoms with van der Waals surface area (Å²) in [6.07, 6.45) is -1.48. The highest BCUT2D eigenvalue weighted by Crippen LogP contribution is 2.38. The van der Waals surface area contributed by atoms with Crippen LogP contribution in [0.2, 0.25) is 0 Å². The average molecular weight is 291 g/mol. The molecule has 0 aromatic heterocycles. The molecule has 0 rings (SSSR count). The lowest BCUT2D eigenvalue weighted by molar-refractivity contribution is -0.852. The summed E-state index contributed by atoms with van der Waals surface area (Å²) in [7, 11) is -6.37. The summed E-state index contributed by atoms with van der Waals surface area (Å²) in [5.74, 6) is 0. The van der Waals surface area contributed by atoms with Crippen LogP contribution in [0.3, 0.4) is 0 Å². The standard InChI is InChI=1S/C4H6FN3O9S/c1-2-3(6(9)10,7(11)12)4(5,8(13)14)18(15,16)17/h2H2,1H3,(H,15,16,17). The zero-order valence-electron chi connectivity index (χ0n) is 8.55. The maximum Gasteiger partial charge on any atom is 0.622 e. The predicted molar refractivity (Wildman–Crippen MR) is 49.4 cm³/mol. The molecule has 0 aliphatic rings. The quantitative estimate of drug-likeness (QED) is 0.220. The summed E-state index contributed by atoms with van der Waals surface area (Å²) in [6, 6.07) is 0. The van der Waals surface area contributed by atoms with Gasteiger partial charge in [0.15, 0.2) is 0 Å². The molecule has 0 spiro atoms. The maximum atomic E-state index is 13.8. The van der Waals surface area contributed by atoms with Gasteiger partial charge in [-0.2, -0.15) is 8.42 Å². The van der Waals surface area contributed by atoms with Crippen LogP contribution in [0.25, 0.3) is 0 Å². The molecule has 1 atom stereocenters. The van der Waals surface area contributed by atoms with Crippen LogP contribution in [-0.4, -0.2) is 38.5 Å². The molecule has 0 aromatic carbocycles. The summed E-state index contributed by atoms with van der Waals surface area (Å²) >= 11 is 0. The fourth-order valence-corrected chi connectivity index (χ4v) is 2.11. The number of rotatable bonds is 6. The van der Waals surface area contributed by atoms with Crippen LogP contribution in [0.1, 0.15) is 13.3 Å². The number of halogens is 1. The maximum absolute atomic E-state index is 13.8. The number of hydrogen-bond acceptors (Lipinski definition) is 8. The molecule has 0 radical (unpaired) electrons. The first-order valence-electron chi connectivity index (χ1n) is 3.99. The first kappa shape index (κ1) is 16.0. The van der Waals surface area contributed by atoms with Crippen LogP contribution in [0.5, 0.6) is 0 Å². The minimum absolute atomic E-state index is 0.592. The molecule has 0 aromatic rings. The van der Waals surface area contributed by atoms with Crippen LogP contribution in [0.15, 0.2) is 0 Å². The highest BCUT2D eigenvalue weighted by atomic mass is 32.2. The van der Waals surface area contributed by atoms with E-state index < -0.39 is 42.1 Å². The summed E-state index contributed by atoms with van der Waals surface area (Å²) < 4.78 is 43.5. The van der Waals surface area contributed by atoms with E-state index in [2.05, 4.69) is 0 Å². The lowest BCUT2D eigenvalue weighted by Gasteiger charge is -2.20. The van der Waals surface area contributed by atoms with Crippen LogP contribution in [0.4, 0.5) is 4.39 Å². The molecule has 14 heteroatoms. The van der Waals surface area contributed by atoms with Crippen molar-refractivity contribution in [2.24, 2.45) is 0 Å². The van der Waals surface area contributed by atoms with Crippen LogP contribution in [-0.2, 0) is 10.1 Å². The first-order chi connectivity index (χ1) is 7.89. The Balaban J connectivity index is 6.62. The molecular formula is C4H6FN3O9S. The second-order valence-corrected chi connectivity index (χ2v) is 4.47. The molecule has 0 heterocycles. The molecule has 0 saturated carbocycles. The number of nitrogens with zero attached hydrogens (tertiary/aromatic N) is 3. The van der Waals surface area contributed by atoms with E-state index in [9.17, 15) is 43.2 Å². The predicted octanol–water partition coefficient (Wildman–Crippen LogP) is -0.566.